The lowest BCUT2D eigenvalue weighted by Crippen LogP contribution is -2.38. The predicted octanol–water partition coefficient (Wildman–Crippen LogP) is 3.09. The highest BCUT2D eigenvalue weighted by Gasteiger charge is 2.47. The first-order valence-corrected chi connectivity index (χ1v) is 6.31. The SMILES string of the molecule is CC[C@H]1Oc2ccccc2[C@@]1(O)c1ccccc1. The normalized spacial score (nSPS) is 25.6. The van der Waals surface area contributed by atoms with Crippen LogP contribution in [0, 0.1) is 0 Å². The van der Waals surface area contributed by atoms with Crippen LogP contribution in [0.5, 0.6) is 5.75 Å². The number of rotatable bonds is 2. The van der Waals surface area contributed by atoms with Gasteiger partial charge in [-0.3, -0.25) is 0 Å². The molecule has 0 amide bonds. The Morgan fingerprint density at radius 3 is 2.44 bits per heavy atom. The minimum Gasteiger partial charge on any atom is -0.486 e. The van der Waals surface area contributed by atoms with Gasteiger partial charge >= 0.3 is 0 Å². The molecule has 0 bridgehead atoms. The lowest BCUT2D eigenvalue weighted by Gasteiger charge is -2.28. The third-order valence-corrected chi connectivity index (χ3v) is 3.62. The highest BCUT2D eigenvalue weighted by atomic mass is 16.5. The number of para-hydroxylation sites is 1. The van der Waals surface area contributed by atoms with Crippen molar-refractivity contribution in [2.75, 3.05) is 0 Å². The van der Waals surface area contributed by atoms with Crippen molar-refractivity contribution in [3.63, 3.8) is 0 Å². The molecule has 3 rings (SSSR count). The molecule has 1 N–H and O–H groups in total. The summed E-state index contributed by atoms with van der Waals surface area (Å²) >= 11 is 0. The summed E-state index contributed by atoms with van der Waals surface area (Å²) in [5.41, 5.74) is 0.719. The summed E-state index contributed by atoms with van der Waals surface area (Å²) in [6.45, 7) is 2.03. The van der Waals surface area contributed by atoms with E-state index in [2.05, 4.69) is 0 Å². The zero-order valence-electron chi connectivity index (χ0n) is 10.3. The fraction of sp³-hybridized carbons (Fsp3) is 0.250. The summed E-state index contributed by atoms with van der Waals surface area (Å²) in [7, 11) is 0. The van der Waals surface area contributed by atoms with E-state index in [1.165, 1.54) is 0 Å². The first-order valence-electron chi connectivity index (χ1n) is 6.31. The van der Waals surface area contributed by atoms with E-state index in [-0.39, 0.29) is 6.10 Å². The summed E-state index contributed by atoms with van der Waals surface area (Å²) < 4.78 is 5.88. The first kappa shape index (κ1) is 11.3. The van der Waals surface area contributed by atoms with Crippen molar-refractivity contribution in [3.8, 4) is 5.75 Å². The molecular formula is C16H16O2. The second kappa shape index (κ2) is 4.14. The molecule has 0 aliphatic carbocycles. The van der Waals surface area contributed by atoms with Crippen LogP contribution in [0.25, 0.3) is 0 Å². The summed E-state index contributed by atoms with van der Waals surface area (Å²) in [4.78, 5) is 0. The minimum absolute atomic E-state index is 0.225. The maximum absolute atomic E-state index is 11.1. The van der Waals surface area contributed by atoms with Gasteiger partial charge in [-0.05, 0) is 18.1 Å². The summed E-state index contributed by atoms with van der Waals surface area (Å²) in [5, 5.41) is 11.1. The Kier molecular flexibility index (Phi) is 2.60. The number of ether oxygens (including phenoxy) is 1. The van der Waals surface area contributed by atoms with Gasteiger partial charge in [0.1, 0.15) is 11.9 Å². The Labute approximate surface area is 107 Å². The molecule has 0 spiro atoms. The van der Waals surface area contributed by atoms with Crippen molar-refractivity contribution >= 4 is 0 Å². The van der Waals surface area contributed by atoms with Crippen molar-refractivity contribution in [2.45, 2.75) is 25.0 Å². The van der Waals surface area contributed by atoms with E-state index >= 15 is 0 Å². The van der Waals surface area contributed by atoms with Crippen LogP contribution in [0.2, 0.25) is 0 Å². The van der Waals surface area contributed by atoms with Gasteiger partial charge < -0.3 is 9.84 Å². The fourth-order valence-electron chi connectivity index (χ4n) is 2.71. The number of benzene rings is 2. The molecule has 2 heteroatoms. The van der Waals surface area contributed by atoms with Gasteiger partial charge in [0.15, 0.2) is 5.60 Å². The molecule has 0 aromatic heterocycles. The number of hydrogen-bond acceptors (Lipinski definition) is 2. The lowest BCUT2D eigenvalue weighted by molar-refractivity contribution is -0.00738. The van der Waals surface area contributed by atoms with Crippen molar-refractivity contribution in [1.82, 2.24) is 0 Å². The Balaban J connectivity index is 2.19. The molecule has 0 unspecified atom stereocenters. The quantitative estimate of drug-likeness (QED) is 0.874. The molecule has 1 aliphatic rings. The molecular weight excluding hydrogens is 224 g/mol. The van der Waals surface area contributed by atoms with Crippen molar-refractivity contribution < 1.29 is 9.84 Å². The molecule has 2 aromatic carbocycles. The largest absolute Gasteiger partial charge is 0.486 e. The van der Waals surface area contributed by atoms with E-state index < -0.39 is 5.60 Å². The monoisotopic (exact) mass is 240 g/mol. The Morgan fingerprint density at radius 1 is 1.06 bits per heavy atom. The highest BCUT2D eigenvalue weighted by molar-refractivity contribution is 5.49. The lowest BCUT2D eigenvalue weighted by atomic mass is 9.82. The molecule has 2 atom stereocenters. The van der Waals surface area contributed by atoms with Crippen molar-refractivity contribution in [3.05, 3.63) is 65.7 Å². The van der Waals surface area contributed by atoms with E-state index in [0.717, 1.165) is 23.3 Å². The first-order chi connectivity index (χ1) is 8.76. The molecule has 0 radical (unpaired) electrons. The summed E-state index contributed by atoms with van der Waals surface area (Å²) in [5.74, 6) is 0.788. The zero-order valence-corrected chi connectivity index (χ0v) is 10.3. The van der Waals surface area contributed by atoms with Gasteiger partial charge in [-0.25, -0.2) is 0 Å². The van der Waals surface area contributed by atoms with Gasteiger partial charge in [-0.1, -0.05) is 55.5 Å². The highest BCUT2D eigenvalue weighted by Crippen LogP contribution is 2.46. The Bertz CT molecular complexity index is 550. The number of fused-ring (bicyclic) bond motifs is 1. The van der Waals surface area contributed by atoms with Gasteiger partial charge in [-0.2, -0.15) is 0 Å². The fourth-order valence-corrected chi connectivity index (χ4v) is 2.71. The van der Waals surface area contributed by atoms with Crippen LogP contribution in [0.4, 0.5) is 0 Å². The topological polar surface area (TPSA) is 29.5 Å². The Morgan fingerprint density at radius 2 is 1.72 bits per heavy atom. The van der Waals surface area contributed by atoms with Gasteiger partial charge in [0, 0.05) is 5.56 Å². The van der Waals surface area contributed by atoms with Crippen LogP contribution in [0.15, 0.2) is 54.6 Å². The maximum Gasteiger partial charge on any atom is 0.155 e. The third-order valence-electron chi connectivity index (χ3n) is 3.62. The Hall–Kier alpha value is -1.80. The van der Waals surface area contributed by atoms with E-state index in [1.54, 1.807) is 0 Å². The summed E-state index contributed by atoms with van der Waals surface area (Å²) in [6, 6.07) is 17.5. The van der Waals surface area contributed by atoms with Crippen molar-refractivity contribution in [2.24, 2.45) is 0 Å². The molecule has 0 saturated carbocycles. The minimum atomic E-state index is -1.04. The zero-order chi connectivity index (χ0) is 12.6. The van der Waals surface area contributed by atoms with Gasteiger partial charge in [0.2, 0.25) is 0 Å². The van der Waals surface area contributed by atoms with E-state index in [1.807, 2.05) is 61.5 Å². The standard InChI is InChI=1S/C16H16O2/c1-2-15-16(17,12-8-4-3-5-9-12)13-10-6-7-11-14(13)18-15/h3-11,15,17H,2H2,1H3/t15-,16+/m1/s1. The molecule has 2 nitrogen and oxygen atoms in total. The molecule has 18 heavy (non-hydrogen) atoms. The van der Waals surface area contributed by atoms with Gasteiger partial charge in [-0.15, -0.1) is 0 Å². The van der Waals surface area contributed by atoms with Gasteiger partial charge in [0.25, 0.3) is 0 Å². The maximum atomic E-state index is 11.1. The second-order valence-electron chi connectivity index (χ2n) is 4.64. The molecule has 0 saturated heterocycles. The van der Waals surface area contributed by atoms with Crippen LogP contribution in [-0.2, 0) is 5.60 Å². The van der Waals surface area contributed by atoms with Crippen molar-refractivity contribution in [1.29, 1.82) is 0 Å². The summed E-state index contributed by atoms with van der Waals surface area (Å²) in [6.07, 6.45) is 0.539. The van der Waals surface area contributed by atoms with Crippen LogP contribution in [0.1, 0.15) is 24.5 Å². The van der Waals surface area contributed by atoms with Crippen LogP contribution in [0.3, 0.4) is 0 Å². The number of aliphatic hydroxyl groups is 1. The van der Waals surface area contributed by atoms with Gasteiger partial charge in [0.05, 0.1) is 0 Å². The van der Waals surface area contributed by atoms with Crippen LogP contribution >= 0.6 is 0 Å². The number of hydrogen-bond donors (Lipinski definition) is 1. The second-order valence-corrected chi connectivity index (χ2v) is 4.64. The average Bonchev–Trinajstić information content (AvgIpc) is 2.74. The molecule has 1 aliphatic heterocycles. The predicted molar refractivity (Wildman–Crippen MR) is 70.6 cm³/mol. The average molecular weight is 240 g/mol. The van der Waals surface area contributed by atoms with Crippen LogP contribution in [-0.4, -0.2) is 11.2 Å². The van der Waals surface area contributed by atoms with Crippen LogP contribution < -0.4 is 4.74 Å². The van der Waals surface area contributed by atoms with E-state index in [4.69, 9.17) is 4.74 Å². The van der Waals surface area contributed by atoms with E-state index in [0.29, 0.717) is 0 Å². The molecule has 2 aromatic rings. The third kappa shape index (κ3) is 1.46. The molecule has 92 valence electrons. The molecule has 0 fully saturated rings. The smallest absolute Gasteiger partial charge is 0.155 e. The molecule has 1 heterocycles. The van der Waals surface area contributed by atoms with E-state index in [9.17, 15) is 5.11 Å².